The van der Waals surface area contributed by atoms with Gasteiger partial charge in [0.05, 0.1) is 29.0 Å². The number of esters is 1. The van der Waals surface area contributed by atoms with E-state index in [2.05, 4.69) is 17.1 Å². The van der Waals surface area contributed by atoms with Crippen LogP contribution in [0.15, 0.2) is 42.5 Å². The van der Waals surface area contributed by atoms with Gasteiger partial charge in [0.25, 0.3) is 0 Å². The summed E-state index contributed by atoms with van der Waals surface area (Å²) in [5, 5.41) is 18.8. The molecular weight excluding hydrogens is 326 g/mol. The lowest BCUT2D eigenvalue weighted by atomic mass is 10.1. The second-order valence-corrected chi connectivity index (χ2v) is 6.46. The minimum absolute atomic E-state index is 0.181. The highest BCUT2D eigenvalue weighted by atomic mass is 16.5. The molecule has 3 aromatic rings. The van der Waals surface area contributed by atoms with E-state index in [0.717, 1.165) is 11.1 Å². The standard InChI is InChI=1S/C21H17N3O2/c1-13(2)9-19(25)26-21-17-10-15(12-23)5-8-18(17)24-20(21)16-6-3-14(11-22)4-7-16/h3-8,10,13,24H,9H2,1-2H3. The predicted octanol–water partition coefficient (Wildman–Crippen LogP) is 4.53. The molecule has 26 heavy (non-hydrogen) atoms. The van der Waals surface area contributed by atoms with Crippen LogP contribution < -0.4 is 4.74 Å². The molecule has 1 N–H and O–H groups in total. The Morgan fingerprint density at radius 2 is 1.73 bits per heavy atom. The van der Waals surface area contributed by atoms with E-state index < -0.39 is 0 Å². The van der Waals surface area contributed by atoms with E-state index in [4.69, 9.17) is 10.00 Å². The highest BCUT2D eigenvalue weighted by Gasteiger charge is 2.19. The number of hydrogen-bond donors (Lipinski definition) is 1. The SMILES string of the molecule is CC(C)CC(=O)Oc1c(-c2ccc(C#N)cc2)[nH]c2ccc(C#N)cc12. The topological polar surface area (TPSA) is 89.7 Å². The predicted molar refractivity (Wildman–Crippen MR) is 98.3 cm³/mol. The van der Waals surface area contributed by atoms with Crippen molar-refractivity contribution in [3.05, 3.63) is 53.6 Å². The van der Waals surface area contributed by atoms with Crippen molar-refractivity contribution in [2.45, 2.75) is 20.3 Å². The van der Waals surface area contributed by atoms with E-state index in [0.29, 0.717) is 34.4 Å². The molecule has 2 aromatic carbocycles. The van der Waals surface area contributed by atoms with Gasteiger partial charge in [-0.25, -0.2) is 0 Å². The number of fused-ring (bicyclic) bond motifs is 1. The largest absolute Gasteiger partial charge is 0.424 e. The van der Waals surface area contributed by atoms with Crippen molar-refractivity contribution in [3.63, 3.8) is 0 Å². The quantitative estimate of drug-likeness (QED) is 0.705. The number of carbonyl (C=O) groups excluding carboxylic acids is 1. The van der Waals surface area contributed by atoms with Gasteiger partial charge < -0.3 is 9.72 Å². The summed E-state index contributed by atoms with van der Waals surface area (Å²) in [6.45, 7) is 3.90. The Balaban J connectivity index is 2.14. The fraction of sp³-hybridized carbons (Fsp3) is 0.190. The Labute approximate surface area is 151 Å². The molecule has 0 radical (unpaired) electrons. The van der Waals surface area contributed by atoms with Gasteiger partial charge >= 0.3 is 5.97 Å². The van der Waals surface area contributed by atoms with Crippen molar-refractivity contribution in [1.82, 2.24) is 4.98 Å². The molecule has 5 heteroatoms. The lowest BCUT2D eigenvalue weighted by Gasteiger charge is -2.08. The number of ether oxygens (including phenoxy) is 1. The molecule has 0 spiro atoms. The van der Waals surface area contributed by atoms with Crippen molar-refractivity contribution in [1.29, 1.82) is 10.5 Å². The summed E-state index contributed by atoms with van der Waals surface area (Å²) in [6, 6.07) is 16.4. The van der Waals surface area contributed by atoms with Crippen LogP contribution in [0.3, 0.4) is 0 Å². The average molecular weight is 343 g/mol. The van der Waals surface area contributed by atoms with Crippen LogP contribution in [-0.2, 0) is 4.79 Å². The molecule has 1 aromatic heterocycles. The van der Waals surface area contributed by atoms with Gasteiger partial charge in [-0.15, -0.1) is 0 Å². The molecule has 0 saturated heterocycles. The number of carbonyl (C=O) groups is 1. The van der Waals surface area contributed by atoms with Gasteiger partial charge in [-0.3, -0.25) is 4.79 Å². The summed E-state index contributed by atoms with van der Waals surface area (Å²) in [7, 11) is 0. The first kappa shape index (κ1) is 17.3. The van der Waals surface area contributed by atoms with Gasteiger partial charge in [-0.05, 0) is 36.2 Å². The zero-order valence-corrected chi connectivity index (χ0v) is 14.5. The van der Waals surface area contributed by atoms with E-state index in [1.54, 1.807) is 42.5 Å². The fourth-order valence-electron chi connectivity index (χ4n) is 2.75. The maximum Gasteiger partial charge on any atom is 0.311 e. The maximum atomic E-state index is 12.3. The third-order valence-corrected chi connectivity index (χ3v) is 3.97. The number of rotatable bonds is 4. The Hall–Kier alpha value is -3.57. The van der Waals surface area contributed by atoms with Crippen LogP contribution in [0.4, 0.5) is 0 Å². The first-order valence-corrected chi connectivity index (χ1v) is 8.29. The van der Waals surface area contributed by atoms with Crippen molar-refractivity contribution >= 4 is 16.9 Å². The molecule has 0 aliphatic heterocycles. The van der Waals surface area contributed by atoms with Crippen molar-refractivity contribution in [2.75, 3.05) is 0 Å². The lowest BCUT2D eigenvalue weighted by Crippen LogP contribution is -2.11. The Morgan fingerprint density at radius 3 is 2.35 bits per heavy atom. The van der Waals surface area contributed by atoms with Gasteiger partial charge in [-0.2, -0.15) is 10.5 Å². The maximum absolute atomic E-state index is 12.3. The zero-order valence-electron chi connectivity index (χ0n) is 14.5. The van der Waals surface area contributed by atoms with Crippen LogP contribution in [0.2, 0.25) is 0 Å². The molecular formula is C21H17N3O2. The Bertz CT molecular complexity index is 1050. The number of nitriles is 2. The normalized spacial score (nSPS) is 10.5. The first-order chi connectivity index (χ1) is 12.5. The number of aromatic amines is 1. The fourth-order valence-corrected chi connectivity index (χ4v) is 2.75. The van der Waals surface area contributed by atoms with Gasteiger partial charge in [-0.1, -0.05) is 26.0 Å². The first-order valence-electron chi connectivity index (χ1n) is 8.29. The highest BCUT2D eigenvalue weighted by Crippen LogP contribution is 2.38. The van der Waals surface area contributed by atoms with E-state index in [9.17, 15) is 10.1 Å². The molecule has 1 heterocycles. The van der Waals surface area contributed by atoms with Crippen LogP contribution in [0, 0.1) is 28.6 Å². The number of nitrogens with one attached hydrogen (secondary N) is 1. The molecule has 0 aliphatic rings. The van der Waals surface area contributed by atoms with Crippen LogP contribution >= 0.6 is 0 Å². The van der Waals surface area contributed by atoms with E-state index in [1.165, 1.54) is 0 Å². The summed E-state index contributed by atoms with van der Waals surface area (Å²) < 4.78 is 5.68. The summed E-state index contributed by atoms with van der Waals surface area (Å²) in [4.78, 5) is 15.5. The second-order valence-electron chi connectivity index (χ2n) is 6.46. The van der Waals surface area contributed by atoms with Gasteiger partial charge in [0.1, 0.15) is 0 Å². The summed E-state index contributed by atoms with van der Waals surface area (Å²) >= 11 is 0. The summed E-state index contributed by atoms with van der Waals surface area (Å²) in [5.41, 5.74) is 3.26. The van der Waals surface area contributed by atoms with E-state index >= 15 is 0 Å². The number of H-pyrrole nitrogens is 1. The number of nitrogens with zero attached hydrogens (tertiary/aromatic N) is 2. The molecule has 0 aliphatic carbocycles. The van der Waals surface area contributed by atoms with Gasteiger partial charge in [0, 0.05) is 22.9 Å². The Kier molecular flexibility index (Phi) is 4.73. The lowest BCUT2D eigenvalue weighted by molar-refractivity contribution is -0.135. The summed E-state index contributed by atoms with van der Waals surface area (Å²) in [5.74, 6) is 0.270. The van der Waals surface area contributed by atoms with Gasteiger partial charge in [0.2, 0.25) is 0 Å². The molecule has 0 atom stereocenters. The smallest absolute Gasteiger partial charge is 0.311 e. The Morgan fingerprint density at radius 1 is 1.08 bits per heavy atom. The van der Waals surface area contributed by atoms with Crippen LogP contribution in [0.1, 0.15) is 31.4 Å². The number of aromatic nitrogens is 1. The molecule has 0 bridgehead atoms. The molecule has 128 valence electrons. The minimum atomic E-state index is -0.321. The zero-order chi connectivity index (χ0) is 18.7. The molecule has 0 saturated carbocycles. The molecule has 0 unspecified atom stereocenters. The number of hydrogen-bond acceptors (Lipinski definition) is 4. The molecule has 3 rings (SSSR count). The summed E-state index contributed by atoms with van der Waals surface area (Å²) in [6.07, 6.45) is 0.303. The molecule has 0 fully saturated rings. The minimum Gasteiger partial charge on any atom is -0.424 e. The third kappa shape index (κ3) is 3.43. The second kappa shape index (κ2) is 7.13. The van der Waals surface area contributed by atoms with Crippen LogP contribution in [0.5, 0.6) is 5.75 Å². The highest BCUT2D eigenvalue weighted by molar-refractivity contribution is 5.97. The van der Waals surface area contributed by atoms with Crippen molar-refractivity contribution < 1.29 is 9.53 Å². The van der Waals surface area contributed by atoms with E-state index in [-0.39, 0.29) is 11.9 Å². The van der Waals surface area contributed by atoms with Crippen molar-refractivity contribution in [2.24, 2.45) is 5.92 Å². The molecule has 5 nitrogen and oxygen atoms in total. The van der Waals surface area contributed by atoms with Gasteiger partial charge in [0.15, 0.2) is 5.75 Å². The monoisotopic (exact) mass is 343 g/mol. The van der Waals surface area contributed by atoms with Crippen LogP contribution in [-0.4, -0.2) is 11.0 Å². The van der Waals surface area contributed by atoms with E-state index in [1.807, 2.05) is 13.8 Å². The average Bonchev–Trinajstić information content (AvgIpc) is 2.98. The third-order valence-electron chi connectivity index (χ3n) is 3.97. The van der Waals surface area contributed by atoms with Crippen LogP contribution in [0.25, 0.3) is 22.2 Å². The molecule has 0 amide bonds. The van der Waals surface area contributed by atoms with Crippen molar-refractivity contribution in [3.8, 4) is 29.1 Å². The number of benzene rings is 2.